The van der Waals surface area contributed by atoms with E-state index in [-0.39, 0.29) is 16.8 Å². The summed E-state index contributed by atoms with van der Waals surface area (Å²) >= 11 is 0. The van der Waals surface area contributed by atoms with Gasteiger partial charge in [0.15, 0.2) is 17.4 Å². The number of rotatable bonds is 3. The highest BCUT2D eigenvalue weighted by Crippen LogP contribution is 2.32. The summed E-state index contributed by atoms with van der Waals surface area (Å²) in [5, 5.41) is 20.4. The van der Waals surface area contributed by atoms with Crippen molar-refractivity contribution in [3.8, 4) is 17.9 Å². The number of methoxy groups -OCH3 is 1. The molecule has 0 saturated carbocycles. The van der Waals surface area contributed by atoms with Crippen LogP contribution in [0.4, 0.5) is 24.5 Å². The molecule has 0 aliphatic rings. The fourth-order valence-electron chi connectivity index (χ4n) is 1.87. The maximum absolute atomic E-state index is 13.9. The number of halogens is 3. The summed E-state index contributed by atoms with van der Waals surface area (Å²) in [5.41, 5.74) is -0.449. The molecule has 0 amide bonds. The summed E-state index contributed by atoms with van der Waals surface area (Å²) in [6.45, 7) is 0. The van der Waals surface area contributed by atoms with Crippen molar-refractivity contribution in [2.24, 2.45) is 0 Å². The minimum absolute atomic E-state index is 0.0546. The monoisotopic (exact) mass is 303 g/mol. The van der Waals surface area contributed by atoms with Crippen LogP contribution in [0.3, 0.4) is 0 Å². The van der Waals surface area contributed by atoms with Crippen molar-refractivity contribution in [3.05, 3.63) is 52.8 Å². The van der Waals surface area contributed by atoms with E-state index in [4.69, 9.17) is 10.5 Å². The highest BCUT2D eigenvalue weighted by Gasteiger charge is 2.20. The maximum Gasteiger partial charge on any atom is 0.205 e. The topological polar surface area (TPSA) is 68.8 Å². The van der Waals surface area contributed by atoms with Gasteiger partial charge in [-0.3, -0.25) is 0 Å². The highest BCUT2D eigenvalue weighted by molar-refractivity contribution is 5.70. The van der Waals surface area contributed by atoms with E-state index in [1.54, 1.807) is 12.1 Å². The van der Waals surface area contributed by atoms with Crippen molar-refractivity contribution in [1.29, 1.82) is 10.5 Å². The van der Waals surface area contributed by atoms with E-state index in [0.717, 1.165) is 7.11 Å². The molecule has 0 unspecified atom stereocenters. The molecule has 0 spiro atoms. The molecule has 0 atom stereocenters. The van der Waals surface area contributed by atoms with Crippen LogP contribution >= 0.6 is 0 Å². The van der Waals surface area contributed by atoms with E-state index < -0.39 is 28.9 Å². The zero-order valence-corrected chi connectivity index (χ0v) is 11.2. The van der Waals surface area contributed by atoms with E-state index >= 15 is 0 Å². The Bertz CT molecular complexity index is 822. The predicted molar refractivity (Wildman–Crippen MR) is 72.0 cm³/mol. The largest absolute Gasteiger partial charge is 0.491 e. The van der Waals surface area contributed by atoms with Crippen molar-refractivity contribution in [3.63, 3.8) is 0 Å². The molecular weight excluding hydrogens is 295 g/mol. The van der Waals surface area contributed by atoms with Gasteiger partial charge < -0.3 is 10.1 Å². The summed E-state index contributed by atoms with van der Waals surface area (Å²) in [5.74, 6) is -4.78. The van der Waals surface area contributed by atoms with Crippen LogP contribution < -0.4 is 10.1 Å². The van der Waals surface area contributed by atoms with E-state index in [1.165, 1.54) is 18.2 Å². The number of anilines is 2. The van der Waals surface area contributed by atoms with Gasteiger partial charge in [-0.15, -0.1) is 0 Å². The highest BCUT2D eigenvalue weighted by atomic mass is 19.2. The van der Waals surface area contributed by atoms with Crippen LogP contribution in [0.2, 0.25) is 0 Å². The number of benzene rings is 2. The van der Waals surface area contributed by atoms with E-state index in [9.17, 15) is 13.2 Å². The summed E-state index contributed by atoms with van der Waals surface area (Å²) in [6.07, 6.45) is 0. The molecule has 0 aliphatic heterocycles. The van der Waals surface area contributed by atoms with Gasteiger partial charge in [0, 0.05) is 6.07 Å². The Morgan fingerprint density at radius 3 is 2.36 bits per heavy atom. The summed E-state index contributed by atoms with van der Waals surface area (Å²) in [6, 6.07) is 8.54. The number of nitrogens with zero attached hydrogens (tertiary/aromatic N) is 2. The lowest BCUT2D eigenvalue weighted by atomic mass is 10.1. The summed E-state index contributed by atoms with van der Waals surface area (Å²) in [7, 11) is 1.01. The minimum atomic E-state index is -1.49. The number of hydrogen-bond donors (Lipinski definition) is 1. The van der Waals surface area contributed by atoms with Crippen molar-refractivity contribution in [2.75, 3.05) is 12.4 Å². The second kappa shape index (κ2) is 6.06. The standard InChI is InChI=1S/C15H8F3N3O/c1-22-15-10(16)5-12(13(17)14(15)18)21-11-4-2-3-8(6-19)9(11)7-20/h2-5,21H,1H3. The first-order valence-corrected chi connectivity index (χ1v) is 5.95. The first kappa shape index (κ1) is 15.2. The molecule has 0 aromatic heterocycles. The van der Waals surface area contributed by atoms with Gasteiger partial charge in [-0.2, -0.15) is 14.9 Å². The lowest BCUT2D eigenvalue weighted by molar-refractivity contribution is 0.347. The lowest BCUT2D eigenvalue weighted by Gasteiger charge is -2.12. The number of hydrogen-bond acceptors (Lipinski definition) is 4. The predicted octanol–water partition coefficient (Wildman–Crippen LogP) is 3.60. The second-order valence-corrected chi connectivity index (χ2v) is 4.14. The molecule has 2 aromatic rings. The molecule has 22 heavy (non-hydrogen) atoms. The van der Waals surface area contributed by atoms with Gasteiger partial charge in [0.05, 0.1) is 29.6 Å². The normalized spacial score (nSPS) is 9.73. The van der Waals surface area contributed by atoms with E-state index in [2.05, 4.69) is 10.1 Å². The van der Waals surface area contributed by atoms with E-state index in [0.29, 0.717) is 6.07 Å². The molecule has 0 radical (unpaired) electrons. The van der Waals surface area contributed by atoms with Crippen LogP contribution in [0.1, 0.15) is 11.1 Å². The zero-order valence-electron chi connectivity index (χ0n) is 11.2. The molecule has 0 fully saturated rings. The van der Waals surface area contributed by atoms with Crippen molar-refractivity contribution < 1.29 is 17.9 Å². The van der Waals surface area contributed by atoms with Crippen LogP contribution in [0.5, 0.6) is 5.75 Å². The molecular formula is C15H8F3N3O. The van der Waals surface area contributed by atoms with Gasteiger partial charge in [-0.25, -0.2) is 8.78 Å². The van der Waals surface area contributed by atoms with E-state index in [1.807, 2.05) is 0 Å². The Balaban J connectivity index is 2.54. The van der Waals surface area contributed by atoms with Crippen LogP contribution in [-0.2, 0) is 0 Å². The number of nitrogens with one attached hydrogen (secondary N) is 1. The Hall–Kier alpha value is -3.19. The van der Waals surface area contributed by atoms with Gasteiger partial charge in [0.2, 0.25) is 5.82 Å². The molecule has 0 heterocycles. The third kappa shape index (κ3) is 2.52. The smallest absolute Gasteiger partial charge is 0.205 e. The van der Waals surface area contributed by atoms with Crippen molar-refractivity contribution >= 4 is 11.4 Å². The second-order valence-electron chi connectivity index (χ2n) is 4.14. The third-order valence-electron chi connectivity index (χ3n) is 2.89. The van der Waals surface area contributed by atoms with Crippen LogP contribution in [0.15, 0.2) is 24.3 Å². The molecule has 0 aliphatic carbocycles. The lowest BCUT2D eigenvalue weighted by Crippen LogP contribution is -2.03. The first-order chi connectivity index (χ1) is 10.5. The molecule has 4 nitrogen and oxygen atoms in total. The number of nitriles is 2. The van der Waals surface area contributed by atoms with Crippen LogP contribution in [0.25, 0.3) is 0 Å². The first-order valence-electron chi connectivity index (χ1n) is 5.95. The van der Waals surface area contributed by atoms with Gasteiger partial charge in [0.1, 0.15) is 12.1 Å². The van der Waals surface area contributed by atoms with Gasteiger partial charge in [0.25, 0.3) is 0 Å². The molecule has 0 saturated heterocycles. The molecule has 1 N–H and O–H groups in total. The third-order valence-corrected chi connectivity index (χ3v) is 2.89. The average molecular weight is 303 g/mol. The van der Waals surface area contributed by atoms with Crippen molar-refractivity contribution in [2.45, 2.75) is 0 Å². The Morgan fingerprint density at radius 1 is 1.05 bits per heavy atom. The molecule has 7 heteroatoms. The van der Waals surface area contributed by atoms with Gasteiger partial charge >= 0.3 is 0 Å². The van der Waals surface area contributed by atoms with Gasteiger partial charge in [-0.05, 0) is 12.1 Å². The fourth-order valence-corrected chi connectivity index (χ4v) is 1.87. The Kier molecular flexibility index (Phi) is 4.19. The molecule has 2 rings (SSSR count). The SMILES string of the molecule is COc1c(F)cc(Nc2cccc(C#N)c2C#N)c(F)c1F. The molecule has 2 aromatic carbocycles. The van der Waals surface area contributed by atoms with Crippen LogP contribution in [0, 0.1) is 40.1 Å². The van der Waals surface area contributed by atoms with Crippen molar-refractivity contribution in [1.82, 2.24) is 0 Å². The summed E-state index contributed by atoms with van der Waals surface area (Å²) < 4.78 is 45.6. The Labute approximate surface area is 124 Å². The fraction of sp³-hybridized carbons (Fsp3) is 0.0667. The average Bonchev–Trinajstić information content (AvgIpc) is 2.52. The summed E-state index contributed by atoms with van der Waals surface area (Å²) in [4.78, 5) is 0. The Morgan fingerprint density at radius 2 is 1.77 bits per heavy atom. The van der Waals surface area contributed by atoms with Gasteiger partial charge in [-0.1, -0.05) is 6.07 Å². The minimum Gasteiger partial charge on any atom is -0.491 e. The maximum atomic E-state index is 13.9. The number of ether oxygens (including phenoxy) is 1. The molecule has 0 bridgehead atoms. The molecule has 110 valence electrons. The zero-order chi connectivity index (χ0) is 16.3. The van der Waals surface area contributed by atoms with Crippen LogP contribution in [-0.4, -0.2) is 7.11 Å². The quantitative estimate of drug-likeness (QED) is 0.880.